The Bertz CT molecular complexity index is 1430. The largest absolute Gasteiger partial charge is 0.456 e. The number of amides is 2. The Hall–Kier alpha value is -3.93. The van der Waals surface area contributed by atoms with E-state index in [9.17, 15) is 38.9 Å². The van der Waals surface area contributed by atoms with Gasteiger partial charge < -0.3 is 45.3 Å². The summed E-state index contributed by atoms with van der Waals surface area (Å²) in [6.07, 6.45) is -11.1. The number of H-pyrrole nitrogens is 1. The van der Waals surface area contributed by atoms with E-state index in [1.165, 1.54) is 26.2 Å². The van der Waals surface area contributed by atoms with Gasteiger partial charge in [0.1, 0.15) is 36.3 Å². The lowest BCUT2D eigenvalue weighted by Gasteiger charge is -2.35. The molecule has 0 bridgehead atoms. The predicted molar refractivity (Wildman–Crippen MR) is 131 cm³/mol. The van der Waals surface area contributed by atoms with Crippen molar-refractivity contribution in [1.29, 1.82) is 0 Å². The summed E-state index contributed by atoms with van der Waals surface area (Å²) in [6.45, 7) is 1.53. The molecular formula is C24H27FN4O11. The van der Waals surface area contributed by atoms with Crippen molar-refractivity contribution in [3.8, 4) is 0 Å². The number of aromatic nitrogens is 2. The van der Waals surface area contributed by atoms with Crippen molar-refractivity contribution in [2.75, 3.05) is 12.4 Å². The number of anilines is 1. The molecule has 1 saturated heterocycles. The van der Waals surface area contributed by atoms with Crippen molar-refractivity contribution in [3.05, 3.63) is 74.5 Å². The van der Waals surface area contributed by atoms with Crippen molar-refractivity contribution in [2.45, 2.75) is 56.1 Å². The summed E-state index contributed by atoms with van der Waals surface area (Å²) < 4.78 is 36.6. The molecule has 7 N–H and O–H groups in total. The van der Waals surface area contributed by atoms with Gasteiger partial charge in [-0.2, -0.15) is 0 Å². The average molecular weight is 566 g/mol. The monoisotopic (exact) mass is 566 g/mol. The van der Waals surface area contributed by atoms with Crippen LogP contribution in [0.5, 0.6) is 0 Å². The topological polar surface area (TPSA) is 225 Å². The first-order valence-electron chi connectivity index (χ1n) is 11.9. The maximum atomic E-state index is 13.9. The van der Waals surface area contributed by atoms with Crippen molar-refractivity contribution in [3.63, 3.8) is 0 Å². The normalized spacial score (nSPS) is 28.9. The van der Waals surface area contributed by atoms with E-state index >= 15 is 0 Å². The number of aliphatic hydroxyl groups is 3. The molecular weight excluding hydrogens is 539 g/mol. The summed E-state index contributed by atoms with van der Waals surface area (Å²) in [5.74, 6) is -3.21. The number of halogens is 1. The lowest BCUT2D eigenvalue weighted by atomic mass is 10.0. The highest BCUT2D eigenvalue weighted by Crippen LogP contribution is 2.34. The summed E-state index contributed by atoms with van der Waals surface area (Å²) in [5.41, 5.74) is 4.30. The van der Waals surface area contributed by atoms with Gasteiger partial charge in [-0.1, -0.05) is 6.07 Å². The lowest BCUT2D eigenvalue weighted by molar-refractivity contribution is -0.241. The van der Waals surface area contributed by atoms with Crippen molar-refractivity contribution in [1.82, 2.24) is 9.55 Å². The third-order valence-corrected chi connectivity index (χ3v) is 6.35. The first-order valence-corrected chi connectivity index (χ1v) is 11.9. The Morgan fingerprint density at radius 1 is 1.20 bits per heavy atom. The second-order valence-corrected chi connectivity index (χ2v) is 9.08. The van der Waals surface area contributed by atoms with Crippen LogP contribution in [0.3, 0.4) is 0 Å². The number of carbonyl (C=O) groups is 2. The maximum absolute atomic E-state index is 13.9. The maximum Gasteiger partial charge on any atom is 0.330 e. The van der Waals surface area contributed by atoms with Crippen LogP contribution >= 0.6 is 0 Å². The van der Waals surface area contributed by atoms with E-state index in [1.807, 2.05) is 4.98 Å². The van der Waals surface area contributed by atoms with Gasteiger partial charge in [-0.3, -0.25) is 23.9 Å². The number of aromatic amines is 1. The molecule has 40 heavy (non-hydrogen) atoms. The predicted octanol–water partition coefficient (Wildman–Crippen LogP) is -2.27. The molecule has 0 saturated carbocycles. The minimum absolute atomic E-state index is 0.0745. The molecule has 1 fully saturated rings. The number of aryl methyl sites for hydroxylation is 1. The zero-order valence-corrected chi connectivity index (χ0v) is 21.1. The quantitative estimate of drug-likeness (QED) is 0.200. The summed E-state index contributed by atoms with van der Waals surface area (Å²) in [6, 6.07) is 4.93. The Morgan fingerprint density at radius 2 is 1.93 bits per heavy atom. The van der Waals surface area contributed by atoms with Crippen LogP contribution in [-0.4, -0.2) is 86.7 Å². The average Bonchev–Trinajstić information content (AvgIpc) is 3.22. The Labute approximate surface area is 224 Å². The number of hydrogen-bond donors (Lipinski definition) is 6. The van der Waals surface area contributed by atoms with E-state index in [2.05, 4.69) is 5.32 Å². The van der Waals surface area contributed by atoms with Gasteiger partial charge in [-0.15, -0.1) is 0 Å². The molecule has 15 nitrogen and oxygen atoms in total. The first-order chi connectivity index (χ1) is 18.9. The van der Waals surface area contributed by atoms with Crippen molar-refractivity contribution >= 4 is 17.5 Å². The van der Waals surface area contributed by atoms with Crippen LogP contribution in [0.4, 0.5) is 10.1 Å². The minimum atomic E-state index is -1.86. The molecule has 0 unspecified atom stereocenters. The molecule has 8 atom stereocenters. The van der Waals surface area contributed by atoms with Crippen LogP contribution in [0.1, 0.15) is 11.8 Å². The van der Waals surface area contributed by atoms with Crippen molar-refractivity contribution < 1.29 is 48.2 Å². The number of rotatable bonds is 8. The highest BCUT2D eigenvalue weighted by Gasteiger charge is 2.52. The number of benzene rings is 1. The number of nitrogens with zero attached hydrogens (tertiary/aromatic N) is 1. The van der Waals surface area contributed by atoms with Crippen LogP contribution in [0, 0.1) is 12.7 Å². The molecule has 216 valence electrons. The second-order valence-electron chi connectivity index (χ2n) is 9.08. The molecule has 4 rings (SSSR count). The molecule has 0 aliphatic carbocycles. The Morgan fingerprint density at radius 3 is 2.55 bits per heavy atom. The van der Waals surface area contributed by atoms with Gasteiger partial charge in [0.2, 0.25) is 12.2 Å². The third kappa shape index (κ3) is 5.81. The van der Waals surface area contributed by atoms with Gasteiger partial charge >= 0.3 is 5.69 Å². The SMILES string of the molecule is CO[C@H]1[C@@H](O)[C@H](n2ccc(=O)[nH]c2=O)O[C@@H]1[C@@H](O[C@H]1OC(C(=O)Nc2ccc(C)c(F)c2)=C[C@H](O)[C@@H]1O)C(N)=O. The number of nitrogens with one attached hydrogen (secondary N) is 2. The minimum Gasteiger partial charge on any atom is -0.456 e. The van der Waals surface area contributed by atoms with Gasteiger partial charge in [0.05, 0.1) is 0 Å². The molecule has 2 aliphatic rings. The zero-order valence-electron chi connectivity index (χ0n) is 21.1. The molecule has 0 spiro atoms. The number of aliphatic hydroxyl groups excluding tert-OH is 3. The van der Waals surface area contributed by atoms with Gasteiger partial charge in [-0.25, -0.2) is 9.18 Å². The number of carbonyl (C=O) groups excluding carboxylic acids is 2. The summed E-state index contributed by atoms with van der Waals surface area (Å²) in [5, 5.41) is 33.9. The fourth-order valence-corrected chi connectivity index (χ4v) is 4.25. The van der Waals surface area contributed by atoms with Gasteiger partial charge in [0.25, 0.3) is 11.5 Å². The fraction of sp³-hybridized carbons (Fsp3) is 0.417. The second kappa shape index (κ2) is 11.7. The highest BCUT2D eigenvalue weighted by atomic mass is 19.1. The zero-order chi connectivity index (χ0) is 29.3. The molecule has 1 aromatic heterocycles. The Balaban J connectivity index is 1.54. The van der Waals surface area contributed by atoms with E-state index in [0.717, 1.165) is 29.0 Å². The van der Waals surface area contributed by atoms with E-state index < -0.39 is 83.8 Å². The highest BCUT2D eigenvalue weighted by molar-refractivity contribution is 6.02. The van der Waals surface area contributed by atoms with E-state index in [4.69, 9.17) is 24.7 Å². The Kier molecular flexibility index (Phi) is 8.48. The first kappa shape index (κ1) is 29.1. The molecule has 2 amide bonds. The third-order valence-electron chi connectivity index (χ3n) is 6.35. The molecule has 3 heterocycles. The summed E-state index contributed by atoms with van der Waals surface area (Å²) in [4.78, 5) is 50.8. The van der Waals surface area contributed by atoms with Gasteiger partial charge in [0.15, 0.2) is 18.1 Å². The number of nitrogens with two attached hydrogens (primary N) is 1. The van der Waals surface area contributed by atoms with Crippen molar-refractivity contribution in [2.24, 2.45) is 5.73 Å². The number of ether oxygens (including phenoxy) is 4. The molecule has 0 radical (unpaired) electrons. The van der Waals surface area contributed by atoms with Gasteiger partial charge in [-0.05, 0) is 30.7 Å². The smallest absolute Gasteiger partial charge is 0.330 e. The molecule has 2 aromatic rings. The van der Waals surface area contributed by atoms with E-state index in [1.54, 1.807) is 0 Å². The number of methoxy groups -OCH3 is 1. The molecule has 16 heteroatoms. The summed E-state index contributed by atoms with van der Waals surface area (Å²) in [7, 11) is 1.18. The molecule has 2 aliphatic heterocycles. The van der Waals surface area contributed by atoms with Crippen LogP contribution < -0.4 is 22.3 Å². The number of hydrogen-bond acceptors (Lipinski definition) is 11. The summed E-state index contributed by atoms with van der Waals surface area (Å²) >= 11 is 0. The fourth-order valence-electron chi connectivity index (χ4n) is 4.25. The standard InChI is InChI=1S/C24H27FN4O11/c1-9-3-4-10(7-11(9)25)27-21(35)13-8-12(30)15(32)23(38-13)40-19(20(26)34)18-17(37-2)16(33)22(39-18)29-6-5-14(31)28-24(29)36/h3-8,12,15-19,22-23,30,32-33H,1-2H3,(H2,26,34)(H,27,35)(H,28,31,36)/t12-,15-,16+,17-,18-,19+,22+,23+/m0/s1. The lowest BCUT2D eigenvalue weighted by Crippen LogP contribution is -2.53. The number of primary amides is 1. The van der Waals surface area contributed by atoms with Crippen LogP contribution in [0.2, 0.25) is 0 Å². The van der Waals surface area contributed by atoms with Crippen LogP contribution in [0.25, 0.3) is 0 Å². The van der Waals surface area contributed by atoms with Gasteiger partial charge in [0, 0.05) is 25.1 Å². The van der Waals surface area contributed by atoms with E-state index in [-0.39, 0.29) is 5.69 Å². The van der Waals surface area contributed by atoms with E-state index in [0.29, 0.717) is 5.56 Å². The van der Waals surface area contributed by atoms with Crippen LogP contribution in [0.15, 0.2) is 51.9 Å². The molecule has 1 aromatic carbocycles. The van der Waals surface area contributed by atoms with Crippen LogP contribution in [-0.2, 0) is 28.5 Å².